The molecule has 0 heterocycles. The first kappa shape index (κ1) is 31.9. The summed E-state index contributed by atoms with van der Waals surface area (Å²) in [5.41, 5.74) is -1.07. The van der Waals surface area contributed by atoms with Gasteiger partial charge in [-0.2, -0.15) is 0 Å². The Labute approximate surface area is 253 Å². The van der Waals surface area contributed by atoms with E-state index in [4.69, 9.17) is 0 Å². The summed E-state index contributed by atoms with van der Waals surface area (Å²) in [6.45, 7) is 17.0. The minimum absolute atomic E-state index is 0.00965. The normalized spacial score (nSPS) is 42.0. The van der Waals surface area contributed by atoms with Crippen LogP contribution in [0.25, 0.3) is 6.08 Å². The van der Waals surface area contributed by atoms with E-state index < -0.39 is 22.7 Å². The number of benzene rings is 1. The maximum absolute atomic E-state index is 14.1. The zero-order valence-corrected chi connectivity index (χ0v) is 27.3. The van der Waals surface area contributed by atoms with Gasteiger partial charge in [-0.25, -0.2) is 4.39 Å². The standard InChI is InChI=1S/C37H55FO4/c1-32(2,41)15-10-16-37(8,42)26-13-17-36(7)30(26)27(39)21-29-34(5)22-24(19-23-11-9-12-25(38)20-23)31(40)33(3,4)28(34)14-18-35(29,36)6/h9,11-12,19-20,26-30,39,41-42H,10,13-18,21-22H2,1-8H3/b24-19+/t26-,27+,28-,29+,30-,34-,35+,36+,37+/m0/s1. The quantitative estimate of drug-likeness (QED) is 0.300. The summed E-state index contributed by atoms with van der Waals surface area (Å²) >= 11 is 0. The highest BCUT2D eigenvalue weighted by Crippen LogP contribution is 2.75. The third-order valence-corrected chi connectivity index (χ3v) is 13.4. The van der Waals surface area contributed by atoms with Crippen molar-refractivity contribution < 1.29 is 24.5 Å². The number of aliphatic hydroxyl groups is 3. The first-order valence-corrected chi connectivity index (χ1v) is 16.4. The summed E-state index contributed by atoms with van der Waals surface area (Å²) in [5.74, 6) is 0.313. The number of aliphatic hydroxyl groups excluding tert-OH is 1. The number of hydrogen-bond acceptors (Lipinski definition) is 4. The summed E-state index contributed by atoms with van der Waals surface area (Å²) in [5, 5.41) is 34.1. The lowest BCUT2D eigenvalue weighted by Crippen LogP contribution is -2.66. The van der Waals surface area contributed by atoms with Crippen molar-refractivity contribution in [2.75, 3.05) is 0 Å². The first-order chi connectivity index (χ1) is 19.3. The highest BCUT2D eigenvalue weighted by molar-refractivity contribution is 6.04. The van der Waals surface area contributed by atoms with Crippen LogP contribution in [0, 0.1) is 51.1 Å². The van der Waals surface area contributed by atoms with Crippen molar-refractivity contribution in [2.45, 2.75) is 130 Å². The van der Waals surface area contributed by atoms with Crippen LogP contribution < -0.4 is 0 Å². The molecule has 9 atom stereocenters. The fraction of sp³-hybridized carbons (Fsp3) is 0.757. The third kappa shape index (κ3) is 4.94. The molecule has 4 fully saturated rings. The molecule has 1 aromatic rings. The summed E-state index contributed by atoms with van der Waals surface area (Å²) in [6.07, 6.45) is 8.56. The lowest BCUT2D eigenvalue weighted by molar-refractivity contribution is -0.228. The molecule has 0 saturated heterocycles. The van der Waals surface area contributed by atoms with Crippen LogP contribution in [0.4, 0.5) is 4.39 Å². The third-order valence-electron chi connectivity index (χ3n) is 13.4. The summed E-state index contributed by atoms with van der Waals surface area (Å²) in [4.78, 5) is 13.9. The predicted octanol–water partition coefficient (Wildman–Crippen LogP) is 7.74. The van der Waals surface area contributed by atoms with Crippen molar-refractivity contribution in [3.05, 3.63) is 41.2 Å². The van der Waals surface area contributed by atoms with Crippen molar-refractivity contribution >= 4 is 11.9 Å². The number of Topliss-reactive ketones (excluding diaryl/α,β-unsaturated/α-hetero) is 1. The van der Waals surface area contributed by atoms with E-state index in [2.05, 4.69) is 34.6 Å². The summed E-state index contributed by atoms with van der Waals surface area (Å²) in [6, 6.07) is 6.47. The Morgan fingerprint density at radius 1 is 0.976 bits per heavy atom. The molecule has 5 rings (SSSR count). The number of halogens is 1. The van der Waals surface area contributed by atoms with Crippen molar-refractivity contribution in [2.24, 2.45) is 45.3 Å². The highest BCUT2D eigenvalue weighted by atomic mass is 19.1. The van der Waals surface area contributed by atoms with Crippen LogP contribution in [0.5, 0.6) is 0 Å². The monoisotopic (exact) mass is 582 g/mol. The van der Waals surface area contributed by atoms with Crippen LogP contribution in [0.1, 0.15) is 119 Å². The van der Waals surface area contributed by atoms with E-state index >= 15 is 0 Å². The molecule has 4 saturated carbocycles. The lowest BCUT2D eigenvalue weighted by Gasteiger charge is -2.70. The number of allylic oxidation sites excluding steroid dienone is 1. The molecule has 0 spiro atoms. The second-order valence-corrected chi connectivity index (χ2v) is 16.9. The van der Waals surface area contributed by atoms with Gasteiger partial charge in [0.25, 0.3) is 0 Å². The maximum atomic E-state index is 14.1. The Hall–Kier alpha value is -1.56. The van der Waals surface area contributed by atoms with E-state index in [-0.39, 0.29) is 51.5 Å². The molecule has 4 aliphatic carbocycles. The molecule has 4 nitrogen and oxygen atoms in total. The van der Waals surface area contributed by atoms with Gasteiger partial charge in [-0.15, -0.1) is 0 Å². The zero-order chi connectivity index (χ0) is 31.1. The van der Waals surface area contributed by atoms with E-state index in [1.54, 1.807) is 6.07 Å². The van der Waals surface area contributed by atoms with Gasteiger partial charge in [-0.3, -0.25) is 4.79 Å². The maximum Gasteiger partial charge on any atom is 0.164 e. The number of carbonyl (C=O) groups is 1. The van der Waals surface area contributed by atoms with E-state index in [9.17, 15) is 24.5 Å². The Morgan fingerprint density at radius 3 is 2.29 bits per heavy atom. The highest BCUT2D eigenvalue weighted by Gasteiger charge is 2.71. The largest absolute Gasteiger partial charge is 0.393 e. The van der Waals surface area contributed by atoms with Gasteiger partial charge in [0.2, 0.25) is 0 Å². The average molecular weight is 583 g/mol. The fourth-order valence-electron chi connectivity index (χ4n) is 11.3. The van der Waals surface area contributed by atoms with Gasteiger partial charge in [0.1, 0.15) is 5.82 Å². The van der Waals surface area contributed by atoms with E-state index in [1.165, 1.54) is 12.1 Å². The molecule has 4 aliphatic rings. The molecule has 0 amide bonds. The molecule has 0 aliphatic heterocycles. The molecular weight excluding hydrogens is 527 g/mol. The fourth-order valence-corrected chi connectivity index (χ4v) is 11.3. The molecule has 0 aromatic heterocycles. The van der Waals surface area contributed by atoms with Gasteiger partial charge in [0.05, 0.1) is 17.3 Å². The van der Waals surface area contributed by atoms with Gasteiger partial charge < -0.3 is 15.3 Å². The Morgan fingerprint density at radius 2 is 1.64 bits per heavy atom. The van der Waals surface area contributed by atoms with E-state index in [1.807, 2.05) is 32.9 Å². The van der Waals surface area contributed by atoms with Gasteiger partial charge in [0.15, 0.2) is 5.78 Å². The van der Waals surface area contributed by atoms with Crippen LogP contribution in [0.3, 0.4) is 0 Å². The van der Waals surface area contributed by atoms with Gasteiger partial charge in [0, 0.05) is 5.41 Å². The van der Waals surface area contributed by atoms with Gasteiger partial charge in [-0.1, -0.05) is 46.8 Å². The van der Waals surface area contributed by atoms with Crippen LogP contribution in [0.15, 0.2) is 29.8 Å². The second-order valence-electron chi connectivity index (χ2n) is 16.9. The Balaban J connectivity index is 1.49. The van der Waals surface area contributed by atoms with Gasteiger partial charge in [-0.05, 0) is 148 Å². The number of ketones is 1. The molecular formula is C37H55FO4. The molecule has 0 unspecified atom stereocenters. The molecule has 0 bridgehead atoms. The van der Waals surface area contributed by atoms with Gasteiger partial charge >= 0.3 is 0 Å². The number of carbonyl (C=O) groups excluding carboxylic acids is 1. The molecule has 1 aromatic carbocycles. The number of fused-ring (bicyclic) bond motifs is 5. The minimum Gasteiger partial charge on any atom is -0.393 e. The molecule has 42 heavy (non-hydrogen) atoms. The van der Waals surface area contributed by atoms with Crippen LogP contribution in [-0.4, -0.2) is 38.4 Å². The van der Waals surface area contributed by atoms with Crippen molar-refractivity contribution in [3.8, 4) is 0 Å². The van der Waals surface area contributed by atoms with E-state index in [0.29, 0.717) is 25.7 Å². The lowest BCUT2D eigenvalue weighted by atomic mass is 9.35. The van der Waals surface area contributed by atoms with Crippen LogP contribution in [-0.2, 0) is 4.79 Å². The second kappa shape index (κ2) is 10.2. The average Bonchev–Trinajstić information content (AvgIpc) is 3.24. The van der Waals surface area contributed by atoms with Crippen molar-refractivity contribution in [3.63, 3.8) is 0 Å². The van der Waals surface area contributed by atoms with Crippen molar-refractivity contribution in [1.29, 1.82) is 0 Å². The van der Waals surface area contributed by atoms with Crippen LogP contribution >= 0.6 is 0 Å². The Kier molecular flexibility index (Phi) is 7.77. The molecule has 0 radical (unpaired) electrons. The SMILES string of the molecule is CC(C)(O)CCC[C@@](C)(O)[C@H]1CC[C@]2(C)[C@@H]1[C@H](O)C[C@@H]1[C@@]3(C)C/C(=C\c4cccc(F)c4)C(=O)C(C)(C)[C@@H]3CC[C@]12C. The topological polar surface area (TPSA) is 77.8 Å². The minimum atomic E-state index is -0.904. The van der Waals surface area contributed by atoms with E-state index in [0.717, 1.165) is 43.2 Å². The Bertz CT molecular complexity index is 1240. The zero-order valence-electron chi connectivity index (χ0n) is 27.3. The van der Waals surface area contributed by atoms with Crippen molar-refractivity contribution in [1.82, 2.24) is 0 Å². The summed E-state index contributed by atoms with van der Waals surface area (Å²) in [7, 11) is 0. The summed E-state index contributed by atoms with van der Waals surface area (Å²) < 4.78 is 14.1. The number of rotatable bonds is 6. The smallest absolute Gasteiger partial charge is 0.164 e. The number of hydrogen-bond donors (Lipinski definition) is 3. The molecule has 234 valence electrons. The predicted molar refractivity (Wildman–Crippen MR) is 166 cm³/mol. The molecule has 5 heteroatoms. The first-order valence-electron chi connectivity index (χ1n) is 16.4. The van der Waals surface area contributed by atoms with Crippen LogP contribution in [0.2, 0.25) is 0 Å². The molecule has 3 N–H and O–H groups in total.